The van der Waals surface area contributed by atoms with Gasteiger partial charge >= 0.3 is 0 Å². The first-order valence-electron chi connectivity index (χ1n) is 6.38. The predicted octanol–water partition coefficient (Wildman–Crippen LogP) is 2.17. The van der Waals surface area contributed by atoms with Gasteiger partial charge in [-0.15, -0.1) is 0 Å². The van der Waals surface area contributed by atoms with Gasteiger partial charge in [0.1, 0.15) is 5.75 Å². The van der Waals surface area contributed by atoms with E-state index in [1.807, 2.05) is 12.1 Å². The van der Waals surface area contributed by atoms with Gasteiger partial charge in [0.05, 0.1) is 11.6 Å². The minimum absolute atomic E-state index is 0.133. The molecule has 2 aromatic rings. The van der Waals surface area contributed by atoms with Crippen molar-refractivity contribution in [1.29, 1.82) is 0 Å². The van der Waals surface area contributed by atoms with E-state index in [1.54, 1.807) is 12.3 Å². The molecule has 19 heavy (non-hydrogen) atoms. The molecule has 4 nitrogen and oxygen atoms in total. The number of fused-ring (bicyclic) bond motifs is 1. The van der Waals surface area contributed by atoms with Crippen LogP contribution in [0.2, 0.25) is 5.02 Å². The third kappa shape index (κ3) is 2.60. The fourth-order valence-corrected chi connectivity index (χ4v) is 2.58. The molecule has 2 heterocycles. The maximum atomic E-state index is 11.6. The molecule has 1 atom stereocenters. The summed E-state index contributed by atoms with van der Waals surface area (Å²) in [7, 11) is 0. The van der Waals surface area contributed by atoms with Crippen molar-refractivity contribution in [2.24, 2.45) is 5.92 Å². The Morgan fingerprint density at radius 2 is 2.32 bits per heavy atom. The number of H-pyrrole nitrogens is 1. The van der Waals surface area contributed by atoms with E-state index in [4.69, 9.17) is 16.3 Å². The lowest BCUT2D eigenvalue weighted by molar-refractivity contribution is 0.260. The number of hydrogen-bond donors (Lipinski definition) is 2. The second kappa shape index (κ2) is 5.23. The highest BCUT2D eigenvalue weighted by atomic mass is 35.5. The number of hydrogen-bond acceptors (Lipinski definition) is 3. The van der Waals surface area contributed by atoms with Crippen molar-refractivity contribution in [2.45, 2.75) is 6.42 Å². The van der Waals surface area contributed by atoms with E-state index in [1.165, 1.54) is 0 Å². The molecule has 0 aliphatic carbocycles. The number of nitrogens with one attached hydrogen (secondary N) is 2. The molecule has 1 aliphatic heterocycles. The van der Waals surface area contributed by atoms with Gasteiger partial charge < -0.3 is 15.0 Å². The molecule has 0 unspecified atom stereocenters. The van der Waals surface area contributed by atoms with Gasteiger partial charge in [-0.05, 0) is 36.6 Å². The van der Waals surface area contributed by atoms with Gasteiger partial charge in [-0.25, -0.2) is 0 Å². The van der Waals surface area contributed by atoms with Gasteiger partial charge in [-0.1, -0.05) is 11.6 Å². The molecule has 5 heteroatoms. The van der Waals surface area contributed by atoms with Gasteiger partial charge in [0.2, 0.25) is 0 Å². The van der Waals surface area contributed by atoms with Gasteiger partial charge in [0.15, 0.2) is 0 Å². The number of benzene rings is 1. The quantitative estimate of drug-likeness (QED) is 0.905. The zero-order valence-corrected chi connectivity index (χ0v) is 11.2. The SMILES string of the molecule is O=c1[nH]ccc2cc(OC[C@@H]3CCNC3)c(Cl)cc12. The number of rotatable bonds is 3. The fourth-order valence-electron chi connectivity index (χ4n) is 2.36. The monoisotopic (exact) mass is 278 g/mol. The molecule has 0 bridgehead atoms. The largest absolute Gasteiger partial charge is 0.492 e. The van der Waals surface area contributed by atoms with Crippen LogP contribution in [0.4, 0.5) is 0 Å². The molecule has 0 spiro atoms. The van der Waals surface area contributed by atoms with E-state index >= 15 is 0 Å². The lowest BCUT2D eigenvalue weighted by Gasteiger charge is -2.12. The van der Waals surface area contributed by atoms with Crippen LogP contribution in [0, 0.1) is 5.92 Å². The highest BCUT2D eigenvalue weighted by Crippen LogP contribution is 2.29. The molecule has 1 aromatic carbocycles. The van der Waals surface area contributed by atoms with Crippen molar-refractivity contribution in [2.75, 3.05) is 19.7 Å². The molecule has 0 saturated carbocycles. The van der Waals surface area contributed by atoms with Crippen LogP contribution < -0.4 is 15.6 Å². The molecule has 1 saturated heterocycles. The summed E-state index contributed by atoms with van der Waals surface area (Å²) in [5.41, 5.74) is -0.133. The number of aromatic nitrogens is 1. The van der Waals surface area contributed by atoms with E-state index in [0.717, 1.165) is 24.9 Å². The Hall–Kier alpha value is -1.52. The molecule has 0 radical (unpaired) electrons. The van der Waals surface area contributed by atoms with Gasteiger partial charge in [-0.3, -0.25) is 4.79 Å². The summed E-state index contributed by atoms with van der Waals surface area (Å²) < 4.78 is 5.78. The van der Waals surface area contributed by atoms with E-state index in [-0.39, 0.29) is 5.56 Å². The molecule has 0 amide bonds. The smallest absolute Gasteiger partial charge is 0.255 e. The van der Waals surface area contributed by atoms with Crippen LogP contribution in [0.25, 0.3) is 10.8 Å². The second-order valence-corrected chi connectivity index (χ2v) is 5.25. The molecule has 2 N–H and O–H groups in total. The Kier molecular flexibility index (Phi) is 3.44. The van der Waals surface area contributed by atoms with Crippen LogP contribution in [0.1, 0.15) is 6.42 Å². The molecular formula is C14H15ClN2O2. The number of aromatic amines is 1. The van der Waals surface area contributed by atoms with E-state index in [9.17, 15) is 4.79 Å². The first-order valence-corrected chi connectivity index (χ1v) is 6.76. The van der Waals surface area contributed by atoms with Crippen LogP contribution in [0.15, 0.2) is 29.2 Å². The van der Waals surface area contributed by atoms with Crippen molar-refractivity contribution >= 4 is 22.4 Å². The van der Waals surface area contributed by atoms with Crippen molar-refractivity contribution in [3.63, 3.8) is 0 Å². The summed E-state index contributed by atoms with van der Waals surface area (Å²) in [6.07, 6.45) is 2.76. The molecular weight excluding hydrogens is 264 g/mol. The maximum Gasteiger partial charge on any atom is 0.255 e. The molecule has 1 aliphatic rings. The average molecular weight is 279 g/mol. The van der Waals surface area contributed by atoms with Crippen molar-refractivity contribution in [1.82, 2.24) is 10.3 Å². The third-order valence-electron chi connectivity index (χ3n) is 3.46. The van der Waals surface area contributed by atoms with Gasteiger partial charge in [0.25, 0.3) is 5.56 Å². The van der Waals surface area contributed by atoms with Crippen LogP contribution >= 0.6 is 11.6 Å². The summed E-state index contributed by atoms with van der Waals surface area (Å²) in [6, 6.07) is 5.34. The Morgan fingerprint density at radius 3 is 3.11 bits per heavy atom. The Bertz CT molecular complexity index is 647. The highest BCUT2D eigenvalue weighted by molar-refractivity contribution is 6.32. The summed E-state index contributed by atoms with van der Waals surface area (Å²) >= 11 is 6.17. The first kappa shape index (κ1) is 12.5. The molecule has 3 rings (SSSR count). The van der Waals surface area contributed by atoms with Crippen molar-refractivity contribution in [3.8, 4) is 5.75 Å². The van der Waals surface area contributed by atoms with Crippen LogP contribution in [0.5, 0.6) is 5.75 Å². The molecule has 1 aromatic heterocycles. The lowest BCUT2D eigenvalue weighted by atomic mass is 10.1. The second-order valence-electron chi connectivity index (χ2n) is 4.85. The average Bonchev–Trinajstić information content (AvgIpc) is 2.91. The summed E-state index contributed by atoms with van der Waals surface area (Å²) in [5.74, 6) is 1.18. The summed E-state index contributed by atoms with van der Waals surface area (Å²) in [5, 5.41) is 5.21. The summed E-state index contributed by atoms with van der Waals surface area (Å²) in [4.78, 5) is 14.3. The van der Waals surface area contributed by atoms with Crippen LogP contribution in [-0.2, 0) is 0 Å². The van der Waals surface area contributed by atoms with E-state index < -0.39 is 0 Å². The van der Waals surface area contributed by atoms with E-state index in [0.29, 0.717) is 28.7 Å². The normalized spacial score (nSPS) is 18.9. The van der Waals surface area contributed by atoms with Crippen molar-refractivity contribution in [3.05, 3.63) is 39.8 Å². The Balaban J connectivity index is 1.86. The topological polar surface area (TPSA) is 54.1 Å². The minimum atomic E-state index is -0.133. The third-order valence-corrected chi connectivity index (χ3v) is 3.76. The summed E-state index contributed by atoms with van der Waals surface area (Å²) in [6.45, 7) is 2.70. The number of halogens is 1. The van der Waals surface area contributed by atoms with Crippen LogP contribution in [-0.4, -0.2) is 24.7 Å². The Labute approximate surface area is 115 Å². The number of ether oxygens (including phenoxy) is 1. The Morgan fingerprint density at radius 1 is 1.42 bits per heavy atom. The van der Waals surface area contributed by atoms with Crippen LogP contribution in [0.3, 0.4) is 0 Å². The van der Waals surface area contributed by atoms with E-state index in [2.05, 4.69) is 10.3 Å². The zero-order valence-electron chi connectivity index (χ0n) is 10.4. The number of pyridine rings is 1. The highest BCUT2D eigenvalue weighted by Gasteiger charge is 2.16. The molecule has 100 valence electrons. The molecule has 1 fully saturated rings. The minimum Gasteiger partial charge on any atom is -0.492 e. The lowest BCUT2D eigenvalue weighted by Crippen LogP contribution is -2.15. The van der Waals surface area contributed by atoms with Crippen molar-refractivity contribution < 1.29 is 4.74 Å². The standard InChI is InChI=1S/C14H15ClN2O2/c15-12-6-11-10(2-4-17-14(11)18)5-13(12)19-8-9-1-3-16-7-9/h2,4-6,9,16H,1,3,7-8H2,(H,17,18)/t9-/m1/s1. The maximum absolute atomic E-state index is 11.6. The van der Waals surface area contributed by atoms with Gasteiger partial charge in [-0.2, -0.15) is 0 Å². The fraction of sp³-hybridized carbons (Fsp3) is 0.357. The zero-order chi connectivity index (χ0) is 13.2. The predicted molar refractivity (Wildman–Crippen MR) is 76.1 cm³/mol. The first-order chi connectivity index (χ1) is 9.24. The van der Waals surface area contributed by atoms with Gasteiger partial charge in [0, 0.05) is 24.0 Å².